The summed E-state index contributed by atoms with van der Waals surface area (Å²) in [7, 11) is 0. The van der Waals surface area contributed by atoms with E-state index in [1.807, 2.05) is 35.4 Å². The average molecular weight is 515 g/mol. The number of carbonyl (C=O) groups excluding carboxylic acids is 1. The summed E-state index contributed by atoms with van der Waals surface area (Å²) in [4.78, 5) is 28.5. The number of hydrogen-bond acceptors (Lipinski definition) is 7. The third-order valence-electron chi connectivity index (χ3n) is 5.92. The van der Waals surface area contributed by atoms with Crippen LogP contribution in [0.4, 0.5) is 30.5 Å². The summed E-state index contributed by atoms with van der Waals surface area (Å²) >= 11 is 1.66. The fourth-order valence-electron chi connectivity index (χ4n) is 3.89. The predicted octanol–water partition coefficient (Wildman–Crippen LogP) is 4.69. The van der Waals surface area contributed by atoms with Crippen LogP contribution in [0.2, 0.25) is 0 Å². The SMILES string of the molecule is CSc1ccc(CNC(=O)C2CCN(c3ncnc(N)c3C=Nc3ccc(C(F)(F)F)cc3)C2)cc1. The van der Waals surface area contributed by atoms with E-state index in [4.69, 9.17) is 5.73 Å². The van der Waals surface area contributed by atoms with Crippen LogP contribution in [-0.4, -0.2) is 41.4 Å². The lowest BCUT2D eigenvalue weighted by Gasteiger charge is -2.20. The van der Waals surface area contributed by atoms with Crippen molar-refractivity contribution in [3.63, 3.8) is 0 Å². The van der Waals surface area contributed by atoms with Crippen LogP contribution in [0, 0.1) is 5.92 Å². The minimum atomic E-state index is -4.41. The molecule has 11 heteroatoms. The first-order chi connectivity index (χ1) is 17.2. The highest BCUT2D eigenvalue weighted by atomic mass is 32.2. The summed E-state index contributed by atoms with van der Waals surface area (Å²) in [5.74, 6) is 0.471. The minimum absolute atomic E-state index is 0.0338. The topological polar surface area (TPSA) is 96.5 Å². The average Bonchev–Trinajstić information content (AvgIpc) is 3.37. The van der Waals surface area contributed by atoms with E-state index in [1.54, 1.807) is 11.8 Å². The molecular formula is C25H25F3N6OS. The van der Waals surface area contributed by atoms with E-state index in [1.165, 1.54) is 29.6 Å². The van der Waals surface area contributed by atoms with Gasteiger partial charge in [-0.1, -0.05) is 12.1 Å². The third kappa shape index (κ3) is 6.14. The number of rotatable bonds is 7. The van der Waals surface area contributed by atoms with Gasteiger partial charge in [-0.2, -0.15) is 13.2 Å². The molecule has 1 saturated heterocycles. The van der Waals surface area contributed by atoms with Gasteiger partial charge in [0.15, 0.2) is 0 Å². The van der Waals surface area contributed by atoms with Crippen LogP contribution in [0.5, 0.6) is 0 Å². The molecule has 1 fully saturated rings. The highest BCUT2D eigenvalue weighted by Gasteiger charge is 2.31. The quantitative estimate of drug-likeness (QED) is 0.351. The number of nitrogens with zero attached hydrogens (tertiary/aromatic N) is 4. The highest BCUT2D eigenvalue weighted by molar-refractivity contribution is 7.98. The number of aliphatic imine (C=N–C) groups is 1. The molecule has 3 N–H and O–H groups in total. The van der Waals surface area contributed by atoms with E-state index >= 15 is 0 Å². The summed E-state index contributed by atoms with van der Waals surface area (Å²) in [6, 6.07) is 12.6. The zero-order chi connectivity index (χ0) is 25.7. The smallest absolute Gasteiger partial charge is 0.383 e. The Hall–Kier alpha value is -3.60. The van der Waals surface area contributed by atoms with Crippen LogP contribution < -0.4 is 16.0 Å². The number of carbonyl (C=O) groups is 1. The van der Waals surface area contributed by atoms with E-state index in [2.05, 4.69) is 20.3 Å². The molecule has 188 valence electrons. The Morgan fingerprint density at radius 2 is 1.92 bits per heavy atom. The van der Waals surface area contributed by atoms with Gasteiger partial charge in [0.05, 0.1) is 22.7 Å². The van der Waals surface area contributed by atoms with Crippen LogP contribution in [0.25, 0.3) is 0 Å². The molecule has 0 bridgehead atoms. The summed E-state index contributed by atoms with van der Waals surface area (Å²) < 4.78 is 38.4. The number of nitrogens with two attached hydrogens (primary N) is 1. The summed E-state index contributed by atoms with van der Waals surface area (Å²) in [5.41, 5.74) is 7.13. The number of nitrogens with one attached hydrogen (secondary N) is 1. The van der Waals surface area contributed by atoms with Crippen molar-refractivity contribution < 1.29 is 18.0 Å². The van der Waals surface area contributed by atoms with Crippen molar-refractivity contribution in [2.45, 2.75) is 24.0 Å². The Morgan fingerprint density at radius 3 is 2.58 bits per heavy atom. The van der Waals surface area contributed by atoms with E-state index < -0.39 is 11.7 Å². The highest BCUT2D eigenvalue weighted by Crippen LogP contribution is 2.31. The molecule has 7 nitrogen and oxygen atoms in total. The number of thioether (sulfide) groups is 1. The van der Waals surface area contributed by atoms with Gasteiger partial charge < -0.3 is 16.0 Å². The second-order valence-electron chi connectivity index (χ2n) is 8.30. The van der Waals surface area contributed by atoms with Gasteiger partial charge in [-0.25, -0.2) is 9.97 Å². The fraction of sp³-hybridized carbons (Fsp3) is 0.280. The van der Waals surface area contributed by atoms with Crippen molar-refractivity contribution in [2.24, 2.45) is 10.9 Å². The second-order valence-corrected chi connectivity index (χ2v) is 9.18. The van der Waals surface area contributed by atoms with E-state index in [-0.39, 0.29) is 17.6 Å². The van der Waals surface area contributed by atoms with Crippen molar-refractivity contribution in [2.75, 3.05) is 30.0 Å². The zero-order valence-electron chi connectivity index (χ0n) is 19.5. The van der Waals surface area contributed by atoms with E-state index in [0.717, 1.165) is 17.7 Å². The Bertz CT molecular complexity index is 1230. The van der Waals surface area contributed by atoms with Gasteiger partial charge in [-0.05, 0) is 54.6 Å². The van der Waals surface area contributed by atoms with Gasteiger partial charge in [0.25, 0.3) is 0 Å². The number of amides is 1. The summed E-state index contributed by atoms with van der Waals surface area (Å²) in [6.07, 6.45) is 1.03. The normalized spacial score (nSPS) is 16.0. The molecule has 2 aromatic carbocycles. The van der Waals surface area contributed by atoms with Crippen molar-refractivity contribution in [1.82, 2.24) is 15.3 Å². The Balaban J connectivity index is 1.41. The molecule has 1 aliphatic heterocycles. The Morgan fingerprint density at radius 1 is 1.19 bits per heavy atom. The number of hydrogen-bond donors (Lipinski definition) is 2. The number of anilines is 2. The van der Waals surface area contributed by atoms with Crippen LogP contribution in [-0.2, 0) is 17.5 Å². The number of benzene rings is 2. The van der Waals surface area contributed by atoms with Crippen LogP contribution in [0.1, 0.15) is 23.1 Å². The van der Waals surface area contributed by atoms with Crippen molar-refractivity contribution in [1.29, 1.82) is 0 Å². The maximum atomic E-state index is 12.8. The zero-order valence-corrected chi connectivity index (χ0v) is 20.3. The molecule has 36 heavy (non-hydrogen) atoms. The molecule has 0 aliphatic carbocycles. The first kappa shape index (κ1) is 25.5. The molecule has 2 heterocycles. The van der Waals surface area contributed by atoms with Gasteiger partial charge in [-0.15, -0.1) is 11.8 Å². The summed E-state index contributed by atoms with van der Waals surface area (Å²) in [5, 5.41) is 3.00. The molecular weight excluding hydrogens is 489 g/mol. The fourth-order valence-corrected chi connectivity index (χ4v) is 4.30. The number of nitrogen functional groups attached to an aromatic ring is 1. The molecule has 1 unspecified atom stereocenters. The van der Waals surface area contributed by atoms with Crippen LogP contribution in [0.15, 0.2) is 64.7 Å². The maximum absolute atomic E-state index is 12.8. The lowest BCUT2D eigenvalue weighted by molar-refractivity contribution is -0.137. The predicted molar refractivity (Wildman–Crippen MR) is 136 cm³/mol. The van der Waals surface area contributed by atoms with Crippen LogP contribution >= 0.6 is 11.8 Å². The maximum Gasteiger partial charge on any atom is 0.416 e. The number of aromatic nitrogens is 2. The molecule has 0 spiro atoms. The Labute approximate surface area is 211 Å². The second kappa shape index (κ2) is 11.0. The Kier molecular flexibility index (Phi) is 7.78. The number of halogens is 3. The van der Waals surface area contributed by atoms with E-state index in [9.17, 15) is 18.0 Å². The van der Waals surface area contributed by atoms with Crippen LogP contribution in [0.3, 0.4) is 0 Å². The largest absolute Gasteiger partial charge is 0.416 e. The molecule has 3 aromatic rings. The minimum Gasteiger partial charge on any atom is -0.383 e. The van der Waals surface area contributed by atoms with Gasteiger partial charge >= 0.3 is 6.18 Å². The van der Waals surface area contributed by atoms with Gasteiger partial charge in [0, 0.05) is 30.7 Å². The van der Waals surface area contributed by atoms with Crippen molar-refractivity contribution >= 4 is 41.2 Å². The number of alkyl halides is 3. The molecule has 0 saturated carbocycles. The van der Waals surface area contributed by atoms with Gasteiger partial charge in [-0.3, -0.25) is 9.79 Å². The molecule has 1 amide bonds. The van der Waals surface area contributed by atoms with Crippen molar-refractivity contribution in [3.05, 3.63) is 71.5 Å². The standard InChI is InChI=1S/C25H25F3N6OS/c1-36-20-8-2-16(3-9-20)12-31-24(35)17-10-11-34(14-17)23-21(22(29)32-15-33-23)13-30-19-6-4-18(5-7-19)25(26,27)28/h2-9,13,15,17H,10-12,14H2,1H3,(H,31,35)(H2,29,32,33). The third-order valence-corrected chi connectivity index (χ3v) is 6.66. The van der Waals surface area contributed by atoms with Gasteiger partial charge in [0.2, 0.25) is 5.91 Å². The molecule has 1 aromatic heterocycles. The first-order valence-electron chi connectivity index (χ1n) is 11.2. The molecule has 4 rings (SSSR count). The van der Waals surface area contributed by atoms with Gasteiger partial charge in [0.1, 0.15) is 18.0 Å². The molecule has 1 atom stereocenters. The molecule has 1 aliphatic rings. The van der Waals surface area contributed by atoms with Crippen molar-refractivity contribution in [3.8, 4) is 0 Å². The lowest BCUT2D eigenvalue weighted by Crippen LogP contribution is -2.32. The monoisotopic (exact) mass is 514 g/mol. The first-order valence-corrected chi connectivity index (χ1v) is 12.4. The summed E-state index contributed by atoms with van der Waals surface area (Å²) in [6.45, 7) is 1.50. The van der Waals surface area contributed by atoms with E-state index in [0.29, 0.717) is 43.1 Å². The molecule has 0 radical (unpaired) electrons. The lowest BCUT2D eigenvalue weighted by atomic mass is 10.1.